The van der Waals surface area contributed by atoms with Gasteiger partial charge in [0.15, 0.2) is 0 Å². The van der Waals surface area contributed by atoms with Crippen molar-refractivity contribution in [3.05, 3.63) is 59.7 Å². The molecule has 9 nitrogen and oxygen atoms in total. The number of nitriles is 1. The van der Waals surface area contributed by atoms with E-state index in [9.17, 15) is 13.2 Å². The first-order chi connectivity index (χ1) is 17.8. The van der Waals surface area contributed by atoms with E-state index in [1.165, 1.54) is 0 Å². The van der Waals surface area contributed by atoms with Gasteiger partial charge in [0, 0.05) is 56.7 Å². The first-order valence-corrected chi connectivity index (χ1v) is 14.6. The third-order valence-corrected chi connectivity index (χ3v) is 7.70. The van der Waals surface area contributed by atoms with Crippen molar-refractivity contribution in [2.45, 2.75) is 31.8 Å². The number of anilines is 2. The molecule has 10 heteroatoms. The molecule has 2 fully saturated rings. The number of esters is 1. The molecule has 0 radical (unpaired) electrons. The van der Waals surface area contributed by atoms with Crippen molar-refractivity contribution in [3.63, 3.8) is 0 Å². The maximum Gasteiger partial charge on any atom is 0.327 e. The van der Waals surface area contributed by atoms with Crippen LogP contribution in [-0.4, -0.2) is 82.4 Å². The Morgan fingerprint density at radius 3 is 2.19 bits per heavy atom. The van der Waals surface area contributed by atoms with E-state index >= 15 is 0 Å². The number of benzene rings is 2. The van der Waals surface area contributed by atoms with Gasteiger partial charge in [-0.25, -0.2) is 13.2 Å². The minimum Gasteiger partial charge on any atom is -0.465 e. The first-order valence-electron chi connectivity index (χ1n) is 12.7. The van der Waals surface area contributed by atoms with Crippen molar-refractivity contribution < 1.29 is 17.9 Å². The van der Waals surface area contributed by atoms with Crippen LogP contribution in [0.1, 0.15) is 36.9 Å². The van der Waals surface area contributed by atoms with Gasteiger partial charge in [0.05, 0.1) is 24.5 Å². The molecule has 0 bridgehead atoms. The normalized spacial score (nSPS) is 18.7. The fraction of sp³-hybridized carbons (Fsp3) is 0.481. The van der Waals surface area contributed by atoms with Crippen LogP contribution in [-0.2, 0) is 19.6 Å². The zero-order valence-electron chi connectivity index (χ0n) is 21.5. The highest BCUT2D eigenvalue weighted by molar-refractivity contribution is 7.92. The van der Waals surface area contributed by atoms with Gasteiger partial charge in [0.1, 0.15) is 6.04 Å². The Hall–Kier alpha value is -3.13. The Kier molecular flexibility index (Phi) is 8.69. The molecule has 2 heterocycles. The van der Waals surface area contributed by atoms with E-state index in [-0.39, 0.29) is 5.97 Å². The van der Waals surface area contributed by atoms with Crippen molar-refractivity contribution in [2.24, 2.45) is 0 Å². The van der Waals surface area contributed by atoms with Crippen LogP contribution in [0, 0.1) is 11.3 Å². The molecule has 0 aliphatic carbocycles. The van der Waals surface area contributed by atoms with E-state index in [2.05, 4.69) is 25.5 Å². The fourth-order valence-electron chi connectivity index (χ4n) is 5.27. The lowest BCUT2D eigenvalue weighted by atomic mass is 9.97. The molecule has 37 heavy (non-hydrogen) atoms. The lowest BCUT2D eigenvalue weighted by molar-refractivity contribution is -0.150. The number of piperidine rings is 1. The number of hydrogen-bond donors (Lipinski definition) is 1. The standard InChI is InChI=1S/C27H35N5O4S/c1-3-36-27(33)26(22-6-8-23(9-7-22)29-37(2,34)35)32-14-12-25(13-15-32)31-18-16-30(17-19-31)24-10-4-21(20-28)5-11-24/h4-11,25-26,29H,3,12-19H2,1-2H3. The summed E-state index contributed by atoms with van der Waals surface area (Å²) >= 11 is 0. The smallest absolute Gasteiger partial charge is 0.327 e. The second-order valence-electron chi connectivity index (χ2n) is 9.60. The van der Waals surface area contributed by atoms with Crippen LogP contribution in [0.2, 0.25) is 0 Å². The first kappa shape index (κ1) is 26.9. The summed E-state index contributed by atoms with van der Waals surface area (Å²) in [7, 11) is -3.37. The van der Waals surface area contributed by atoms with Crippen molar-refractivity contribution >= 4 is 27.4 Å². The molecule has 0 aromatic heterocycles. The van der Waals surface area contributed by atoms with Crippen LogP contribution in [0.3, 0.4) is 0 Å². The summed E-state index contributed by atoms with van der Waals surface area (Å²) in [5, 5.41) is 9.02. The molecule has 2 aromatic carbocycles. The van der Waals surface area contributed by atoms with Crippen molar-refractivity contribution in [1.82, 2.24) is 9.80 Å². The predicted octanol–water partition coefficient (Wildman–Crippen LogP) is 2.82. The molecule has 1 atom stereocenters. The number of hydrogen-bond acceptors (Lipinski definition) is 8. The summed E-state index contributed by atoms with van der Waals surface area (Å²) in [6.45, 7) is 7.56. The monoisotopic (exact) mass is 525 g/mol. The molecule has 2 aliphatic heterocycles. The number of likely N-dealkylation sites (tertiary alicyclic amines) is 1. The van der Waals surface area contributed by atoms with Gasteiger partial charge in [-0.2, -0.15) is 5.26 Å². The Balaban J connectivity index is 1.35. The molecule has 0 saturated carbocycles. The summed E-state index contributed by atoms with van der Waals surface area (Å²) in [6, 6.07) is 16.9. The van der Waals surface area contributed by atoms with Gasteiger partial charge in [-0.1, -0.05) is 12.1 Å². The lowest BCUT2D eigenvalue weighted by Crippen LogP contribution is -2.54. The van der Waals surface area contributed by atoms with Gasteiger partial charge in [-0.15, -0.1) is 0 Å². The highest BCUT2D eigenvalue weighted by Crippen LogP contribution is 2.29. The van der Waals surface area contributed by atoms with Gasteiger partial charge in [-0.3, -0.25) is 14.5 Å². The number of carbonyl (C=O) groups is 1. The van der Waals surface area contributed by atoms with Crippen LogP contribution >= 0.6 is 0 Å². The number of piperazine rings is 1. The molecule has 2 aliphatic rings. The fourth-order valence-corrected chi connectivity index (χ4v) is 5.83. The lowest BCUT2D eigenvalue weighted by Gasteiger charge is -2.44. The molecule has 198 valence electrons. The van der Waals surface area contributed by atoms with Crippen molar-refractivity contribution in [1.29, 1.82) is 5.26 Å². The Bertz CT molecular complexity index is 1190. The maximum absolute atomic E-state index is 12.9. The predicted molar refractivity (Wildman–Crippen MR) is 144 cm³/mol. The maximum atomic E-state index is 12.9. The minimum absolute atomic E-state index is 0.277. The number of nitrogens with one attached hydrogen (secondary N) is 1. The van der Waals surface area contributed by atoms with Crippen LogP contribution in [0.15, 0.2) is 48.5 Å². The molecular formula is C27H35N5O4S. The quantitative estimate of drug-likeness (QED) is 0.525. The van der Waals surface area contributed by atoms with E-state index in [1.54, 1.807) is 31.2 Å². The van der Waals surface area contributed by atoms with E-state index in [1.807, 2.05) is 24.3 Å². The third-order valence-electron chi connectivity index (χ3n) is 7.10. The summed E-state index contributed by atoms with van der Waals surface area (Å²) in [4.78, 5) is 20.0. The number of ether oxygens (including phenoxy) is 1. The zero-order chi connectivity index (χ0) is 26.4. The van der Waals surface area contributed by atoms with Gasteiger partial charge >= 0.3 is 5.97 Å². The van der Waals surface area contributed by atoms with Gasteiger partial charge in [-0.05, 0) is 61.7 Å². The number of sulfonamides is 1. The van der Waals surface area contributed by atoms with E-state index in [0.29, 0.717) is 23.9 Å². The average molecular weight is 526 g/mol. The molecule has 1 N–H and O–H groups in total. The summed E-state index contributed by atoms with van der Waals surface area (Å²) < 4.78 is 30.9. The summed E-state index contributed by atoms with van der Waals surface area (Å²) in [6.07, 6.45) is 3.06. The zero-order valence-corrected chi connectivity index (χ0v) is 22.3. The SMILES string of the molecule is CCOC(=O)C(c1ccc(NS(C)(=O)=O)cc1)N1CCC(N2CCN(c3ccc(C#N)cc3)CC2)CC1. The molecule has 4 rings (SSSR count). The van der Waals surface area contributed by atoms with Crippen LogP contribution < -0.4 is 9.62 Å². The minimum atomic E-state index is -3.37. The van der Waals surface area contributed by atoms with Crippen LogP contribution in [0.5, 0.6) is 0 Å². The second kappa shape index (κ2) is 11.9. The van der Waals surface area contributed by atoms with Crippen LogP contribution in [0.25, 0.3) is 0 Å². The molecular weight excluding hydrogens is 490 g/mol. The summed E-state index contributed by atoms with van der Waals surface area (Å²) in [5.41, 5.74) is 3.10. The summed E-state index contributed by atoms with van der Waals surface area (Å²) in [5.74, 6) is -0.277. The molecule has 1 unspecified atom stereocenters. The van der Waals surface area contributed by atoms with E-state index < -0.39 is 16.1 Å². The average Bonchev–Trinajstić information content (AvgIpc) is 2.90. The van der Waals surface area contributed by atoms with E-state index in [4.69, 9.17) is 10.00 Å². The molecule has 0 spiro atoms. The van der Waals surface area contributed by atoms with Gasteiger partial charge < -0.3 is 9.64 Å². The molecule has 0 amide bonds. The van der Waals surface area contributed by atoms with Crippen molar-refractivity contribution in [3.8, 4) is 6.07 Å². The van der Waals surface area contributed by atoms with Gasteiger partial charge in [0.2, 0.25) is 10.0 Å². The Morgan fingerprint density at radius 1 is 1.03 bits per heavy atom. The van der Waals surface area contributed by atoms with Crippen molar-refractivity contribution in [2.75, 3.05) is 61.8 Å². The largest absolute Gasteiger partial charge is 0.465 e. The number of rotatable bonds is 8. The topological polar surface area (TPSA) is 106 Å². The third kappa shape index (κ3) is 7.01. The Morgan fingerprint density at radius 2 is 1.65 bits per heavy atom. The highest BCUT2D eigenvalue weighted by atomic mass is 32.2. The van der Waals surface area contributed by atoms with Gasteiger partial charge in [0.25, 0.3) is 0 Å². The highest BCUT2D eigenvalue weighted by Gasteiger charge is 2.34. The van der Waals surface area contributed by atoms with E-state index in [0.717, 1.165) is 69.6 Å². The second-order valence-corrected chi connectivity index (χ2v) is 11.3. The number of nitrogens with zero attached hydrogens (tertiary/aromatic N) is 4. The van der Waals surface area contributed by atoms with Crippen LogP contribution in [0.4, 0.5) is 11.4 Å². The molecule has 2 saturated heterocycles. The Labute approximate surface area is 219 Å². The molecule has 2 aromatic rings. The number of carbonyl (C=O) groups excluding carboxylic acids is 1.